The van der Waals surface area contributed by atoms with Crippen LogP contribution < -0.4 is 11.3 Å². The van der Waals surface area contributed by atoms with Crippen molar-refractivity contribution in [2.75, 3.05) is 0 Å². The van der Waals surface area contributed by atoms with E-state index in [2.05, 4.69) is 15.4 Å². The number of carbonyl (C=O) groups is 1. The molecular weight excluding hydrogens is 272 g/mol. The van der Waals surface area contributed by atoms with Crippen LogP contribution in [0.1, 0.15) is 27.4 Å². The van der Waals surface area contributed by atoms with Crippen molar-refractivity contribution in [3.63, 3.8) is 0 Å². The number of aromatic nitrogens is 2. The normalized spacial score (nSPS) is 10.3. The zero-order chi connectivity index (χ0) is 14.5. The zero-order valence-electron chi connectivity index (χ0n) is 11.4. The molecule has 0 unspecified atom stereocenters. The average molecular weight is 288 g/mol. The van der Waals surface area contributed by atoms with Crippen molar-refractivity contribution >= 4 is 17.7 Å². The van der Waals surface area contributed by atoms with Crippen molar-refractivity contribution in [2.24, 2.45) is 5.84 Å². The number of hydrazine groups is 1. The quantitative estimate of drug-likeness (QED) is 0.389. The minimum absolute atomic E-state index is 0.319. The molecule has 0 saturated carbocycles. The Morgan fingerprint density at radius 1 is 1.30 bits per heavy atom. The molecule has 0 radical (unpaired) electrons. The molecule has 0 bridgehead atoms. The van der Waals surface area contributed by atoms with E-state index >= 15 is 0 Å². The Bertz CT molecular complexity index is 610. The number of carbonyl (C=O) groups excluding carboxylic acids is 1. The molecule has 0 aliphatic heterocycles. The third-order valence-electron chi connectivity index (χ3n) is 2.61. The summed E-state index contributed by atoms with van der Waals surface area (Å²) in [7, 11) is 0. The SMILES string of the molecule is Cc1cc(C)nc(SCc2cccc(C(=O)NN)n2)c1. The summed E-state index contributed by atoms with van der Waals surface area (Å²) < 4.78 is 0. The second-order valence-electron chi connectivity index (χ2n) is 4.40. The standard InChI is InChI=1S/C14H16N4OS/c1-9-6-10(2)16-13(7-9)20-8-11-4-3-5-12(17-11)14(19)18-15/h3-7H,8,15H2,1-2H3,(H,18,19). The number of pyridine rings is 2. The molecule has 0 fully saturated rings. The van der Waals surface area contributed by atoms with Gasteiger partial charge in [0.15, 0.2) is 0 Å². The fraction of sp³-hybridized carbons (Fsp3) is 0.214. The van der Waals surface area contributed by atoms with E-state index in [4.69, 9.17) is 5.84 Å². The number of nitrogen functional groups attached to an aromatic ring is 1. The lowest BCUT2D eigenvalue weighted by Crippen LogP contribution is -2.30. The summed E-state index contributed by atoms with van der Waals surface area (Å²) in [4.78, 5) is 20.1. The number of rotatable bonds is 4. The topological polar surface area (TPSA) is 80.9 Å². The van der Waals surface area contributed by atoms with E-state index in [1.54, 1.807) is 23.9 Å². The van der Waals surface area contributed by atoms with Crippen LogP contribution in [0.5, 0.6) is 0 Å². The largest absolute Gasteiger partial charge is 0.289 e. The number of amides is 1. The summed E-state index contributed by atoms with van der Waals surface area (Å²) >= 11 is 1.59. The lowest BCUT2D eigenvalue weighted by atomic mass is 10.3. The molecule has 0 spiro atoms. The van der Waals surface area contributed by atoms with Crippen molar-refractivity contribution in [1.82, 2.24) is 15.4 Å². The zero-order valence-corrected chi connectivity index (χ0v) is 12.2. The molecule has 0 atom stereocenters. The van der Waals surface area contributed by atoms with E-state index in [0.29, 0.717) is 11.4 Å². The molecule has 2 aromatic heterocycles. The van der Waals surface area contributed by atoms with Gasteiger partial charge < -0.3 is 0 Å². The van der Waals surface area contributed by atoms with E-state index < -0.39 is 0 Å². The third-order valence-corrected chi connectivity index (χ3v) is 3.56. The van der Waals surface area contributed by atoms with Gasteiger partial charge in [0.05, 0.1) is 10.7 Å². The molecule has 20 heavy (non-hydrogen) atoms. The van der Waals surface area contributed by atoms with E-state index in [-0.39, 0.29) is 5.91 Å². The van der Waals surface area contributed by atoms with Crippen LogP contribution in [0, 0.1) is 13.8 Å². The van der Waals surface area contributed by atoms with Gasteiger partial charge in [0, 0.05) is 11.4 Å². The highest BCUT2D eigenvalue weighted by atomic mass is 32.2. The van der Waals surface area contributed by atoms with Gasteiger partial charge in [-0.15, -0.1) is 11.8 Å². The second kappa shape index (κ2) is 6.49. The molecule has 0 saturated heterocycles. The van der Waals surface area contributed by atoms with Crippen molar-refractivity contribution < 1.29 is 4.79 Å². The van der Waals surface area contributed by atoms with Gasteiger partial charge in [-0.1, -0.05) is 6.07 Å². The molecule has 2 aromatic rings. The van der Waals surface area contributed by atoms with Crippen LogP contribution in [0.3, 0.4) is 0 Å². The van der Waals surface area contributed by atoms with Gasteiger partial charge >= 0.3 is 0 Å². The number of hydrogen-bond donors (Lipinski definition) is 2. The lowest BCUT2D eigenvalue weighted by molar-refractivity contribution is 0.0948. The monoisotopic (exact) mass is 288 g/mol. The van der Waals surface area contributed by atoms with Crippen LogP contribution in [0.25, 0.3) is 0 Å². The average Bonchev–Trinajstić information content (AvgIpc) is 2.43. The van der Waals surface area contributed by atoms with Crippen molar-refractivity contribution in [2.45, 2.75) is 24.6 Å². The Balaban J connectivity index is 2.09. The van der Waals surface area contributed by atoms with Gasteiger partial charge in [-0.3, -0.25) is 10.2 Å². The Hall–Kier alpha value is -1.92. The smallest absolute Gasteiger partial charge is 0.283 e. The molecule has 0 aliphatic rings. The van der Waals surface area contributed by atoms with Crippen LogP contribution in [0.2, 0.25) is 0 Å². The number of nitrogens with two attached hydrogens (primary N) is 1. The fourth-order valence-electron chi connectivity index (χ4n) is 1.79. The summed E-state index contributed by atoms with van der Waals surface area (Å²) in [5, 5.41) is 0.956. The fourth-order valence-corrected chi connectivity index (χ4v) is 2.72. The number of aryl methyl sites for hydroxylation is 2. The Morgan fingerprint density at radius 2 is 2.10 bits per heavy atom. The maximum Gasteiger partial charge on any atom is 0.283 e. The Kier molecular flexibility index (Phi) is 4.70. The van der Waals surface area contributed by atoms with Crippen LogP contribution in [0.4, 0.5) is 0 Å². The van der Waals surface area contributed by atoms with Crippen molar-refractivity contribution in [1.29, 1.82) is 0 Å². The number of hydrogen-bond acceptors (Lipinski definition) is 5. The first-order chi connectivity index (χ1) is 9.58. The summed E-state index contributed by atoms with van der Waals surface area (Å²) in [5.74, 6) is 5.36. The molecule has 2 rings (SSSR count). The number of nitrogens with one attached hydrogen (secondary N) is 1. The van der Waals surface area contributed by atoms with E-state index in [0.717, 1.165) is 16.4 Å². The number of nitrogens with zero attached hydrogens (tertiary/aromatic N) is 2. The predicted molar refractivity (Wildman–Crippen MR) is 79.2 cm³/mol. The second-order valence-corrected chi connectivity index (χ2v) is 5.40. The van der Waals surface area contributed by atoms with Gasteiger partial charge in [0.25, 0.3) is 5.91 Å². The maximum absolute atomic E-state index is 11.4. The molecule has 1 amide bonds. The van der Waals surface area contributed by atoms with Crippen molar-refractivity contribution in [3.8, 4) is 0 Å². The maximum atomic E-state index is 11.4. The van der Waals surface area contributed by atoms with Crippen LogP contribution in [-0.4, -0.2) is 15.9 Å². The Morgan fingerprint density at radius 3 is 2.80 bits per heavy atom. The predicted octanol–water partition coefficient (Wildman–Crippen LogP) is 1.99. The minimum Gasteiger partial charge on any atom is -0.289 e. The van der Waals surface area contributed by atoms with Crippen molar-refractivity contribution in [3.05, 3.63) is 53.0 Å². The summed E-state index contributed by atoms with van der Waals surface area (Å²) in [5.41, 5.74) is 5.39. The van der Waals surface area contributed by atoms with Gasteiger partial charge in [0.1, 0.15) is 5.69 Å². The van der Waals surface area contributed by atoms with E-state index in [1.165, 1.54) is 5.56 Å². The highest BCUT2D eigenvalue weighted by molar-refractivity contribution is 7.98. The summed E-state index contributed by atoms with van der Waals surface area (Å²) in [6, 6.07) is 9.37. The lowest BCUT2D eigenvalue weighted by Gasteiger charge is -2.05. The van der Waals surface area contributed by atoms with Gasteiger partial charge in [-0.25, -0.2) is 15.8 Å². The minimum atomic E-state index is -0.388. The van der Waals surface area contributed by atoms with Gasteiger partial charge in [0.2, 0.25) is 0 Å². The van der Waals surface area contributed by atoms with E-state index in [9.17, 15) is 4.79 Å². The molecule has 3 N–H and O–H groups in total. The van der Waals surface area contributed by atoms with Gasteiger partial charge in [-0.05, 0) is 43.7 Å². The summed E-state index contributed by atoms with van der Waals surface area (Å²) in [6.07, 6.45) is 0. The molecular formula is C14H16N4OS. The first-order valence-corrected chi connectivity index (χ1v) is 7.12. The van der Waals surface area contributed by atoms with Gasteiger partial charge in [-0.2, -0.15) is 0 Å². The molecule has 6 heteroatoms. The molecule has 0 aromatic carbocycles. The highest BCUT2D eigenvalue weighted by Gasteiger charge is 2.06. The number of thioether (sulfide) groups is 1. The van der Waals surface area contributed by atoms with Crippen LogP contribution >= 0.6 is 11.8 Å². The highest BCUT2D eigenvalue weighted by Crippen LogP contribution is 2.21. The van der Waals surface area contributed by atoms with Crippen LogP contribution in [-0.2, 0) is 5.75 Å². The molecule has 0 aliphatic carbocycles. The first kappa shape index (κ1) is 14.5. The Labute approximate surface area is 122 Å². The summed E-state index contributed by atoms with van der Waals surface area (Å²) in [6.45, 7) is 4.02. The molecule has 2 heterocycles. The first-order valence-electron chi connectivity index (χ1n) is 6.13. The molecule has 5 nitrogen and oxygen atoms in total. The van der Waals surface area contributed by atoms with Crippen LogP contribution in [0.15, 0.2) is 35.4 Å². The van der Waals surface area contributed by atoms with E-state index in [1.807, 2.05) is 32.0 Å². The molecule has 104 valence electrons. The third kappa shape index (κ3) is 3.79.